The van der Waals surface area contributed by atoms with Crippen molar-refractivity contribution >= 4 is 17.4 Å². The second-order valence-electron chi connectivity index (χ2n) is 9.31. The van der Waals surface area contributed by atoms with Crippen LogP contribution in [0.4, 0.5) is 0 Å². The Morgan fingerprint density at radius 3 is 2.30 bits per heavy atom. The van der Waals surface area contributed by atoms with E-state index in [1.165, 1.54) is 4.90 Å². The highest BCUT2D eigenvalue weighted by molar-refractivity contribution is 6.46. The molecule has 4 rings (SSSR count). The Kier molecular flexibility index (Phi) is 9.19. The average molecular weight is 509 g/mol. The van der Waals surface area contributed by atoms with E-state index in [4.69, 9.17) is 14.2 Å². The molecule has 1 N–H and O–H groups in total. The summed E-state index contributed by atoms with van der Waals surface area (Å²) >= 11 is 0. The van der Waals surface area contributed by atoms with Gasteiger partial charge in [-0.25, -0.2) is 0 Å². The molecule has 8 heteroatoms. The minimum atomic E-state index is -0.737. The van der Waals surface area contributed by atoms with Crippen LogP contribution in [0.2, 0.25) is 0 Å². The average Bonchev–Trinajstić information content (AvgIpc) is 3.18. The predicted octanol–water partition coefficient (Wildman–Crippen LogP) is 1.40. The number of quaternary nitrogens is 1. The van der Waals surface area contributed by atoms with Crippen LogP contribution in [0.5, 0.6) is 11.5 Å². The maximum absolute atomic E-state index is 13.6. The molecule has 0 saturated carbocycles. The van der Waals surface area contributed by atoms with Crippen LogP contribution in [0.25, 0.3) is 5.76 Å². The van der Waals surface area contributed by atoms with E-state index in [0.717, 1.165) is 45.7 Å². The van der Waals surface area contributed by atoms with E-state index in [-0.39, 0.29) is 5.57 Å². The van der Waals surface area contributed by atoms with E-state index in [2.05, 4.69) is 0 Å². The monoisotopic (exact) mass is 508 g/mol. The van der Waals surface area contributed by atoms with Gasteiger partial charge in [0, 0.05) is 18.5 Å². The van der Waals surface area contributed by atoms with Gasteiger partial charge in [0.2, 0.25) is 5.78 Å². The molecule has 1 atom stereocenters. The first-order valence-electron chi connectivity index (χ1n) is 13.2. The van der Waals surface area contributed by atoms with Crippen molar-refractivity contribution in [3.05, 3.63) is 65.2 Å². The molecule has 0 spiro atoms. The van der Waals surface area contributed by atoms with Crippen molar-refractivity contribution in [2.24, 2.45) is 0 Å². The van der Waals surface area contributed by atoms with Crippen LogP contribution in [0, 0.1) is 0 Å². The maximum Gasteiger partial charge on any atom is 0.295 e. The standard InChI is InChI=1S/C29H36N2O6/c1-3-18-37-24-12-8-22(9-13-24)27(32)25-26(21-6-10-23(11-7-21)36-4-2)31(29(34)28(25)33)15-5-14-30-16-19-35-20-17-30/h6-13,26,32H,3-5,14-20H2,1-2H3. The Hall–Kier alpha value is -3.36. The van der Waals surface area contributed by atoms with E-state index in [1.54, 1.807) is 29.2 Å². The summed E-state index contributed by atoms with van der Waals surface area (Å²) < 4.78 is 16.6. The van der Waals surface area contributed by atoms with E-state index in [9.17, 15) is 14.7 Å². The topological polar surface area (TPSA) is 92.6 Å². The van der Waals surface area contributed by atoms with Crippen molar-refractivity contribution in [1.29, 1.82) is 0 Å². The van der Waals surface area contributed by atoms with Crippen LogP contribution in [-0.4, -0.2) is 69.2 Å². The summed E-state index contributed by atoms with van der Waals surface area (Å²) in [7, 11) is 0. The summed E-state index contributed by atoms with van der Waals surface area (Å²) in [6.07, 6.45) is 1.61. The van der Waals surface area contributed by atoms with Gasteiger partial charge in [0.25, 0.3) is 5.91 Å². The van der Waals surface area contributed by atoms with Crippen LogP contribution in [0.15, 0.2) is 54.1 Å². The first-order valence-corrected chi connectivity index (χ1v) is 13.2. The molecule has 1 unspecified atom stereocenters. The van der Waals surface area contributed by atoms with Crippen molar-refractivity contribution in [1.82, 2.24) is 4.90 Å². The zero-order chi connectivity index (χ0) is 26.2. The normalized spacial score (nSPS) is 19.8. The van der Waals surface area contributed by atoms with Gasteiger partial charge in [-0.1, -0.05) is 36.9 Å². The molecule has 2 aliphatic rings. The number of nitrogens with one attached hydrogen (secondary N) is 1. The molecular formula is C29H36N2O6. The fourth-order valence-corrected chi connectivity index (χ4v) is 4.85. The summed E-state index contributed by atoms with van der Waals surface area (Å²) in [5, 5.41) is 13.6. The van der Waals surface area contributed by atoms with Crippen LogP contribution in [0.1, 0.15) is 43.9 Å². The van der Waals surface area contributed by atoms with Crippen molar-refractivity contribution in [2.45, 2.75) is 32.7 Å². The molecule has 2 aromatic carbocycles. The lowest BCUT2D eigenvalue weighted by molar-refractivity contribution is -0.908. The molecule has 0 aromatic heterocycles. The Balaban J connectivity index is 1.63. The molecule has 0 radical (unpaired) electrons. The molecule has 2 heterocycles. The number of hydrogen-bond acceptors (Lipinski definition) is 6. The van der Waals surface area contributed by atoms with Crippen molar-refractivity contribution in [2.75, 3.05) is 52.6 Å². The number of likely N-dealkylation sites (tertiary alicyclic amines) is 1. The SMILES string of the molecule is CCCOc1ccc(C([O-])=C2C(=O)C(=O)N(CCC[NH+]3CCOCC3)C2c2ccc(OCC)cc2)cc1. The highest BCUT2D eigenvalue weighted by Crippen LogP contribution is 2.39. The summed E-state index contributed by atoms with van der Waals surface area (Å²) in [4.78, 5) is 29.4. The summed E-state index contributed by atoms with van der Waals surface area (Å²) in [5.41, 5.74) is 1.07. The highest BCUT2D eigenvalue weighted by Gasteiger charge is 2.44. The number of rotatable bonds is 11. The number of hydrogen-bond donors (Lipinski definition) is 1. The quantitative estimate of drug-likeness (QED) is 0.280. The van der Waals surface area contributed by atoms with Gasteiger partial charge in [-0.05, 0) is 48.7 Å². The lowest BCUT2D eigenvalue weighted by Gasteiger charge is -2.29. The molecule has 198 valence electrons. The molecule has 2 aliphatic heterocycles. The minimum absolute atomic E-state index is 0.00453. The number of carbonyl (C=O) groups is 2. The number of ether oxygens (including phenoxy) is 3. The van der Waals surface area contributed by atoms with Crippen LogP contribution in [-0.2, 0) is 14.3 Å². The molecular weight excluding hydrogens is 472 g/mol. The van der Waals surface area contributed by atoms with E-state index in [0.29, 0.717) is 42.4 Å². The van der Waals surface area contributed by atoms with Gasteiger partial charge < -0.3 is 29.1 Å². The highest BCUT2D eigenvalue weighted by atomic mass is 16.5. The Morgan fingerprint density at radius 2 is 1.65 bits per heavy atom. The molecule has 2 aromatic rings. The second kappa shape index (κ2) is 12.7. The number of benzene rings is 2. The molecule has 0 bridgehead atoms. The molecule has 0 aliphatic carbocycles. The number of carbonyl (C=O) groups excluding carboxylic acids is 2. The summed E-state index contributed by atoms with van der Waals surface area (Å²) in [5.74, 6) is -0.427. The fraction of sp³-hybridized carbons (Fsp3) is 0.448. The van der Waals surface area contributed by atoms with Crippen molar-refractivity contribution in [3.63, 3.8) is 0 Å². The largest absolute Gasteiger partial charge is 0.872 e. The third kappa shape index (κ3) is 6.32. The van der Waals surface area contributed by atoms with E-state index >= 15 is 0 Å². The molecule has 2 fully saturated rings. The van der Waals surface area contributed by atoms with Crippen LogP contribution >= 0.6 is 0 Å². The fourth-order valence-electron chi connectivity index (χ4n) is 4.85. The van der Waals surface area contributed by atoms with Crippen LogP contribution < -0.4 is 19.5 Å². The third-order valence-electron chi connectivity index (χ3n) is 6.75. The van der Waals surface area contributed by atoms with Crippen molar-refractivity contribution in [3.8, 4) is 11.5 Å². The number of nitrogens with zero attached hydrogens (tertiary/aromatic N) is 1. The smallest absolute Gasteiger partial charge is 0.295 e. The first-order chi connectivity index (χ1) is 18.0. The second-order valence-corrected chi connectivity index (χ2v) is 9.31. The number of ketones is 1. The molecule has 8 nitrogen and oxygen atoms in total. The molecule has 1 amide bonds. The zero-order valence-corrected chi connectivity index (χ0v) is 21.7. The van der Waals surface area contributed by atoms with Gasteiger partial charge in [0.1, 0.15) is 24.6 Å². The third-order valence-corrected chi connectivity index (χ3v) is 6.75. The van der Waals surface area contributed by atoms with Gasteiger partial charge in [-0.2, -0.15) is 0 Å². The summed E-state index contributed by atoms with van der Waals surface area (Å²) in [6, 6.07) is 13.3. The van der Waals surface area contributed by atoms with Crippen LogP contribution in [0.3, 0.4) is 0 Å². The van der Waals surface area contributed by atoms with Gasteiger partial charge in [0.15, 0.2) is 0 Å². The first kappa shape index (κ1) is 26.7. The lowest BCUT2D eigenvalue weighted by Crippen LogP contribution is -3.14. The molecule has 37 heavy (non-hydrogen) atoms. The van der Waals surface area contributed by atoms with Gasteiger partial charge in [-0.15, -0.1) is 0 Å². The van der Waals surface area contributed by atoms with Gasteiger partial charge in [0.05, 0.1) is 39.0 Å². The van der Waals surface area contributed by atoms with Gasteiger partial charge >= 0.3 is 0 Å². The molecule has 2 saturated heterocycles. The Bertz CT molecular complexity index is 1090. The minimum Gasteiger partial charge on any atom is -0.872 e. The maximum atomic E-state index is 13.6. The zero-order valence-electron chi connectivity index (χ0n) is 21.7. The van der Waals surface area contributed by atoms with E-state index in [1.807, 2.05) is 38.1 Å². The lowest BCUT2D eigenvalue weighted by atomic mass is 9.95. The summed E-state index contributed by atoms with van der Waals surface area (Å²) in [6.45, 7) is 9.65. The number of amides is 1. The Morgan fingerprint density at radius 1 is 1.00 bits per heavy atom. The Labute approximate surface area is 218 Å². The van der Waals surface area contributed by atoms with E-state index < -0.39 is 23.5 Å². The predicted molar refractivity (Wildman–Crippen MR) is 137 cm³/mol. The van der Waals surface area contributed by atoms with Gasteiger partial charge in [-0.3, -0.25) is 9.59 Å². The van der Waals surface area contributed by atoms with Crippen molar-refractivity contribution < 1.29 is 33.8 Å². The number of Topliss-reactive ketones (excluding diaryl/α,β-unsaturated/α-hetero) is 1. The number of morpholine rings is 1.